The minimum atomic E-state index is -0.0858. The number of nitrogens with zero attached hydrogens (tertiary/aromatic N) is 5. The Morgan fingerprint density at radius 2 is 1.68 bits per heavy atom. The Kier molecular flexibility index (Phi) is 3.98. The highest BCUT2D eigenvalue weighted by Gasteiger charge is 2.20. The van der Waals surface area contributed by atoms with Crippen LogP contribution >= 0.6 is 15.9 Å². The molecule has 0 aliphatic rings. The minimum absolute atomic E-state index is 0.0858. The fraction of sp³-hybridized carbons (Fsp3) is 0.143. The Hall–Kier alpha value is -3.06. The summed E-state index contributed by atoms with van der Waals surface area (Å²) in [7, 11) is 0. The number of aryl methyl sites for hydroxylation is 1. The van der Waals surface area contributed by atoms with Crippen LogP contribution in [0.15, 0.2) is 64.1 Å². The molecule has 0 saturated heterocycles. The van der Waals surface area contributed by atoms with Crippen LogP contribution in [0.2, 0.25) is 0 Å². The molecule has 0 bridgehead atoms. The molecule has 0 radical (unpaired) electrons. The molecule has 7 heteroatoms. The lowest BCUT2D eigenvalue weighted by molar-refractivity contribution is 0.647. The van der Waals surface area contributed by atoms with E-state index in [0.29, 0.717) is 28.7 Å². The molecule has 0 amide bonds. The molecule has 0 fully saturated rings. The van der Waals surface area contributed by atoms with Crippen LogP contribution in [0.3, 0.4) is 0 Å². The van der Waals surface area contributed by atoms with Crippen LogP contribution in [-0.2, 0) is 6.54 Å². The zero-order valence-corrected chi connectivity index (χ0v) is 16.7. The minimum Gasteiger partial charge on any atom is -0.299 e. The van der Waals surface area contributed by atoms with Gasteiger partial charge in [-0.3, -0.25) is 13.9 Å². The lowest BCUT2D eigenvalue weighted by atomic mass is 10.3. The predicted molar refractivity (Wildman–Crippen MR) is 114 cm³/mol. The Morgan fingerprint density at radius 3 is 2.39 bits per heavy atom. The van der Waals surface area contributed by atoms with Crippen molar-refractivity contribution in [2.24, 2.45) is 0 Å². The zero-order valence-electron chi connectivity index (χ0n) is 15.1. The second kappa shape index (κ2) is 6.53. The second-order valence-electron chi connectivity index (χ2n) is 6.64. The summed E-state index contributed by atoms with van der Waals surface area (Å²) in [6.45, 7) is 2.66. The molecule has 28 heavy (non-hydrogen) atoms. The number of hydrogen-bond donors (Lipinski definition) is 0. The molecule has 0 N–H and O–H groups in total. The number of hydrogen-bond acceptors (Lipinski definition) is 4. The number of aromatic nitrogens is 5. The average Bonchev–Trinajstić information content (AvgIpc) is 3.03. The van der Waals surface area contributed by atoms with Gasteiger partial charge in [0.15, 0.2) is 11.3 Å². The van der Waals surface area contributed by atoms with E-state index in [9.17, 15) is 4.79 Å². The van der Waals surface area contributed by atoms with Gasteiger partial charge >= 0.3 is 0 Å². The van der Waals surface area contributed by atoms with Gasteiger partial charge in [-0.15, -0.1) is 0 Å². The summed E-state index contributed by atoms with van der Waals surface area (Å²) in [5, 5.41) is 0.507. The first kappa shape index (κ1) is 17.1. The number of para-hydroxylation sites is 2. The second-order valence-corrected chi connectivity index (χ2v) is 7.55. The smallest absolute Gasteiger partial charge is 0.265 e. The van der Waals surface area contributed by atoms with E-state index in [-0.39, 0.29) is 5.56 Å². The Bertz CT molecular complexity index is 1400. The maximum absolute atomic E-state index is 13.2. The molecule has 0 saturated carbocycles. The molecule has 5 rings (SSSR count). The van der Waals surface area contributed by atoms with Crippen molar-refractivity contribution in [1.82, 2.24) is 24.1 Å². The molecule has 6 nitrogen and oxygen atoms in total. The maximum atomic E-state index is 13.2. The Balaban J connectivity index is 1.98. The molecule has 3 heterocycles. The van der Waals surface area contributed by atoms with Crippen molar-refractivity contribution < 1.29 is 0 Å². The van der Waals surface area contributed by atoms with Crippen molar-refractivity contribution >= 4 is 49.2 Å². The van der Waals surface area contributed by atoms with Crippen molar-refractivity contribution in [3.05, 3.63) is 69.7 Å². The van der Waals surface area contributed by atoms with Crippen molar-refractivity contribution in [2.45, 2.75) is 19.9 Å². The molecule has 138 valence electrons. The normalized spacial score (nSPS) is 11.6. The standard InChI is InChI=1S/C21H16BrN5O/c1-2-11-26-12-23-19-17(21(26)28)18-20(25-16-6-4-3-5-15(16)24-18)27(19)14-9-7-13(22)8-10-14/h3-10,12H,2,11H2,1H3. The summed E-state index contributed by atoms with van der Waals surface area (Å²) in [5.74, 6) is 0. The molecule has 5 aromatic rings. The van der Waals surface area contributed by atoms with Crippen LogP contribution in [0.1, 0.15) is 13.3 Å². The van der Waals surface area contributed by atoms with E-state index >= 15 is 0 Å². The van der Waals surface area contributed by atoms with E-state index < -0.39 is 0 Å². The molecule has 0 spiro atoms. The van der Waals surface area contributed by atoms with Gasteiger partial charge < -0.3 is 0 Å². The largest absolute Gasteiger partial charge is 0.299 e. The van der Waals surface area contributed by atoms with E-state index in [1.165, 1.54) is 0 Å². The number of rotatable bonds is 3. The highest BCUT2D eigenvalue weighted by molar-refractivity contribution is 9.10. The van der Waals surface area contributed by atoms with Crippen LogP contribution in [-0.4, -0.2) is 24.1 Å². The summed E-state index contributed by atoms with van der Waals surface area (Å²) in [5.41, 5.74) is 4.13. The third-order valence-electron chi connectivity index (χ3n) is 4.78. The van der Waals surface area contributed by atoms with Gasteiger partial charge in [0.25, 0.3) is 5.56 Å². The van der Waals surface area contributed by atoms with Gasteiger partial charge in [0, 0.05) is 16.7 Å². The van der Waals surface area contributed by atoms with Crippen molar-refractivity contribution in [3.63, 3.8) is 0 Å². The van der Waals surface area contributed by atoms with Gasteiger partial charge in [0.05, 0.1) is 17.4 Å². The highest BCUT2D eigenvalue weighted by atomic mass is 79.9. The van der Waals surface area contributed by atoms with Gasteiger partial charge in [-0.2, -0.15) is 0 Å². The fourth-order valence-corrected chi connectivity index (χ4v) is 3.77. The van der Waals surface area contributed by atoms with Crippen molar-refractivity contribution in [1.29, 1.82) is 0 Å². The monoisotopic (exact) mass is 433 g/mol. The van der Waals surface area contributed by atoms with E-state index in [2.05, 4.69) is 20.9 Å². The van der Waals surface area contributed by atoms with Gasteiger partial charge in [-0.1, -0.05) is 35.0 Å². The van der Waals surface area contributed by atoms with Gasteiger partial charge in [0.2, 0.25) is 0 Å². The summed E-state index contributed by atoms with van der Waals surface area (Å²) >= 11 is 3.47. The zero-order chi connectivity index (χ0) is 19.3. The summed E-state index contributed by atoms with van der Waals surface area (Å²) in [6, 6.07) is 15.5. The first-order valence-electron chi connectivity index (χ1n) is 9.09. The number of benzene rings is 2. The molecule has 0 unspecified atom stereocenters. The lowest BCUT2D eigenvalue weighted by Crippen LogP contribution is -2.20. The van der Waals surface area contributed by atoms with Gasteiger partial charge in [-0.25, -0.2) is 15.0 Å². The van der Waals surface area contributed by atoms with Crippen LogP contribution in [0.4, 0.5) is 0 Å². The van der Waals surface area contributed by atoms with E-state index in [1.807, 2.05) is 60.0 Å². The van der Waals surface area contributed by atoms with E-state index in [1.54, 1.807) is 10.9 Å². The maximum Gasteiger partial charge on any atom is 0.265 e. The summed E-state index contributed by atoms with van der Waals surface area (Å²) in [6.07, 6.45) is 2.47. The molecule has 2 aromatic carbocycles. The first-order chi connectivity index (χ1) is 13.7. The van der Waals surface area contributed by atoms with E-state index in [0.717, 1.165) is 27.6 Å². The van der Waals surface area contributed by atoms with Crippen LogP contribution in [0.5, 0.6) is 0 Å². The van der Waals surface area contributed by atoms with Gasteiger partial charge in [-0.05, 0) is 42.8 Å². The van der Waals surface area contributed by atoms with Crippen molar-refractivity contribution in [2.75, 3.05) is 0 Å². The quantitative estimate of drug-likeness (QED) is 0.421. The molecule has 3 aromatic heterocycles. The van der Waals surface area contributed by atoms with Crippen LogP contribution < -0.4 is 5.56 Å². The molecule has 0 aliphatic carbocycles. The number of fused-ring (bicyclic) bond motifs is 4. The SMILES string of the molecule is CCCn1cnc2c(c1=O)c1nc3ccccc3nc1n2-c1ccc(Br)cc1. The number of halogens is 1. The van der Waals surface area contributed by atoms with Crippen molar-refractivity contribution in [3.8, 4) is 5.69 Å². The predicted octanol–water partition coefficient (Wildman–Crippen LogP) is 4.46. The van der Waals surface area contributed by atoms with E-state index in [4.69, 9.17) is 9.97 Å². The van der Waals surface area contributed by atoms with Gasteiger partial charge in [0.1, 0.15) is 10.9 Å². The summed E-state index contributed by atoms with van der Waals surface area (Å²) in [4.78, 5) is 27.4. The fourth-order valence-electron chi connectivity index (χ4n) is 3.51. The highest BCUT2D eigenvalue weighted by Crippen LogP contribution is 2.28. The average molecular weight is 434 g/mol. The molecule has 0 aliphatic heterocycles. The lowest BCUT2D eigenvalue weighted by Gasteiger charge is -2.07. The Morgan fingerprint density at radius 1 is 0.964 bits per heavy atom. The summed E-state index contributed by atoms with van der Waals surface area (Å²) < 4.78 is 4.53. The Labute approximate surface area is 168 Å². The first-order valence-corrected chi connectivity index (χ1v) is 9.89. The third kappa shape index (κ3) is 2.54. The van der Waals surface area contributed by atoms with Crippen LogP contribution in [0.25, 0.3) is 38.9 Å². The molecule has 0 atom stereocenters. The molecular formula is C21H16BrN5O. The van der Waals surface area contributed by atoms with Crippen LogP contribution in [0, 0.1) is 0 Å². The third-order valence-corrected chi connectivity index (χ3v) is 5.31. The topological polar surface area (TPSA) is 65.6 Å². The molecular weight excluding hydrogens is 418 g/mol.